The fourth-order valence-corrected chi connectivity index (χ4v) is 5.46. The summed E-state index contributed by atoms with van der Waals surface area (Å²) in [5.41, 5.74) is 2.30. The van der Waals surface area contributed by atoms with Gasteiger partial charge in [0.1, 0.15) is 11.3 Å². The van der Waals surface area contributed by atoms with Gasteiger partial charge in [-0.15, -0.1) is 11.3 Å². The average Bonchev–Trinajstić information content (AvgIpc) is 3.17. The summed E-state index contributed by atoms with van der Waals surface area (Å²) >= 11 is 11.5. The first-order valence-electron chi connectivity index (χ1n) is 7.80. The Morgan fingerprint density at radius 1 is 1.40 bits per heavy atom. The first-order valence-corrected chi connectivity index (χ1v) is 9.79. The Hall–Kier alpha value is -1.61. The van der Waals surface area contributed by atoms with Crippen molar-refractivity contribution in [1.29, 1.82) is 5.26 Å². The van der Waals surface area contributed by atoms with Gasteiger partial charge in [0.05, 0.1) is 28.3 Å². The van der Waals surface area contributed by atoms with Crippen molar-refractivity contribution < 1.29 is 4.74 Å². The molecule has 0 N–H and O–H groups in total. The molecule has 0 spiro atoms. The number of thiazole rings is 1. The van der Waals surface area contributed by atoms with Gasteiger partial charge in [-0.2, -0.15) is 5.26 Å². The van der Waals surface area contributed by atoms with Crippen molar-refractivity contribution in [2.75, 3.05) is 7.11 Å². The van der Waals surface area contributed by atoms with Crippen molar-refractivity contribution in [2.45, 2.75) is 24.7 Å². The number of hydrogen-bond donors (Lipinski definition) is 0. The predicted molar refractivity (Wildman–Crippen MR) is 105 cm³/mol. The van der Waals surface area contributed by atoms with Crippen LogP contribution in [0.2, 0.25) is 5.02 Å². The molecule has 0 amide bonds. The van der Waals surface area contributed by atoms with Gasteiger partial charge >= 0.3 is 0 Å². The minimum atomic E-state index is -0.589. The van der Waals surface area contributed by atoms with Gasteiger partial charge < -0.3 is 4.74 Å². The van der Waals surface area contributed by atoms with Crippen LogP contribution in [0.3, 0.4) is 0 Å². The molecular weight excluding hydrogens is 420 g/mol. The third-order valence-corrected chi connectivity index (χ3v) is 6.63. The molecule has 0 aliphatic heterocycles. The molecule has 6 heteroatoms. The third-order valence-electron chi connectivity index (χ3n) is 4.71. The van der Waals surface area contributed by atoms with Crippen LogP contribution < -0.4 is 4.74 Å². The number of ether oxygens (including phenoxy) is 1. The monoisotopic (exact) mass is 432 g/mol. The summed E-state index contributed by atoms with van der Waals surface area (Å²) in [7, 11) is 1.66. The minimum absolute atomic E-state index is 0.0681. The zero-order valence-corrected chi connectivity index (χ0v) is 16.8. The number of aryl methyl sites for hydroxylation is 1. The largest absolute Gasteiger partial charge is 0.494 e. The molecule has 2 unspecified atom stereocenters. The maximum absolute atomic E-state index is 9.89. The fraction of sp³-hybridized carbons (Fsp3) is 0.263. The molecule has 3 nitrogen and oxygen atoms in total. The topological polar surface area (TPSA) is 45.9 Å². The minimum Gasteiger partial charge on any atom is -0.494 e. The van der Waals surface area contributed by atoms with E-state index < -0.39 is 5.41 Å². The van der Waals surface area contributed by atoms with E-state index in [-0.39, 0.29) is 5.92 Å². The van der Waals surface area contributed by atoms with E-state index in [0.29, 0.717) is 5.02 Å². The number of nitriles is 1. The highest BCUT2D eigenvalue weighted by Crippen LogP contribution is 2.62. The Balaban J connectivity index is 1.79. The number of hydrogen-bond acceptors (Lipinski definition) is 4. The average molecular weight is 434 g/mol. The molecule has 4 rings (SSSR count). The van der Waals surface area contributed by atoms with Gasteiger partial charge in [0, 0.05) is 15.4 Å². The molecule has 1 saturated carbocycles. The lowest BCUT2D eigenvalue weighted by molar-refractivity contribution is 0.418. The van der Waals surface area contributed by atoms with Crippen LogP contribution in [0.5, 0.6) is 5.75 Å². The number of benzene rings is 2. The second-order valence-corrected chi connectivity index (χ2v) is 8.72. The van der Waals surface area contributed by atoms with Crippen LogP contribution in [-0.4, -0.2) is 12.1 Å². The van der Waals surface area contributed by atoms with E-state index in [1.54, 1.807) is 18.4 Å². The Bertz CT molecular complexity index is 1040. The van der Waals surface area contributed by atoms with Crippen LogP contribution in [0.15, 0.2) is 34.8 Å². The molecule has 2 aromatic carbocycles. The van der Waals surface area contributed by atoms with E-state index in [9.17, 15) is 5.26 Å². The molecule has 0 saturated heterocycles. The fourth-order valence-electron chi connectivity index (χ4n) is 3.35. The van der Waals surface area contributed by atoms with Crippen LogP contribution >= 0.6 is 38.9 Å². The zero-order chi connectivity index (χ0) is 17.8. The highest BCUT2D eigenvalue weighted by Gasteiger charge is 2.59. The molecule has 25 heavy (non-hydrogen) atoms. The van der Waals surface area contributed by atoms with E-state index in [0.717, 1.165) is 43.0 Å². The Labute approximate surface area is 163 Å². The second-order valence-electron chi connectivity index (χ2n) is 6.33. The lowest BCUT2D eigenvalue weighted by Crippen LogP contribution is -2.07. The maximum atomic E-state index is 9.89. The molecule has 1 aliphatic rings. The summed E-state index contributed by atoms with van der Waals surface area (Å²) < 4.78 is 7.47. The molecular formula is C19H14BrClN2OS. The summed E-state index contributed by atoms with van der Waals surface area (Å²) in [5, 5.41) is 11.5. The van der Waals surface area contributed by atoms with Crippen molar-refractivity contribution in [3.8, 4) is 11.8 Å². The predicted octanol–water partition coefficient (Wildman–Crippen LogP) is 5.98. The van der Waals surface area contributed by atoms with Crippen molar-refractivity contribution >= 4 is 49.1 Å². The standard InChI is InChI=1S/C19H14BrClN2OS/c1-10-5-15(24-2)17-16(6-10)25-18(23-17)13-8-19(13,9-22)12-4-3-11(20)7-14(12)21/h3-7,13H,8H2,1-2H3. The number of aromatic nitrogens is 1. The van der Waals surface area contributed by atoms with E-state index in [2.05, 4.69) is 28.1 Å². The van der Waals surface area contributed by atoms with Crippen molar-refractivity contribution in [2.24, 2.45) is 0 Å². The first-order chi connectivity index (χ1) is 12.0. The van der Waals surface area contributed by atoms with Gasteiger partial charge in [0.15, 0.2) is 0 Å². The van der Waals surface area contributed by atoms with Crippen molar-refractivity contribution in [1.82, 2.24) is 4.98 Å². The Morgan fingerprint density at radius 2 is 2.20 bits per heavy atom. The second kappa shape index (κ2) is 5.98. The first kappa shape index (κ1) is 16.8. The van der Waals surface area contributed by atoms with Crippen molar-refractivity contribution in [3.05, 3.63) is 56.0 Å². The summed E-state index contributed by atoms with van der Waals surface area (Å²) in [5.74, 6) is 0.848. The number of rotatable bonds is 3. The highest BCUT2D eigenvalue weighted by atomic mass is 79.9. The highest BCUT2D eigenvalue weighted by molar-refractivity contribution is 9.10. The van der Waals surface area contributed by atoms with Crippen LogP contribution in [0.1, 0.15) is 28.5 Å². The van der Waals surface area contributed by atoms with Crippen LogP contribution in [0.4, 0.5) is 0 Å². The quantitative estimate of drug-likeness (QED) is 0.510. The van der Waals surface area contributed by atoms with E-state index in [1.165, 1.54) is 0 Å². The molecule has 0 bridgehead atoms. The molecule has 1 aliphatic carbocycles. The molecule has 3 aromatic rings. The number of halogens is 2. The van der Waals surface area contributed by atoms with Crippen LogP contribution in [0.25, 0.3) is 10.2 Å². The normalized spacial score (nSPS) is 22.0. The van der Waals surface area contributed by atoms with E-state index in [1.807, 2.05) is 31.2 Å². The van der Waals surface area contributed by atoms with E-state index >= 15 is 0 Å². The number of methoxy groups -OCH3 is 1. The summed E-state index contributed by atoms with van der Waals surface area (Å²) in [6.45, 7) is 2.04. The van der Waals surface area contributed by atoms with Gasteiger partial charge in [-0.05, 0) is 48.7 Å². The molecule has 1 fully saturated rings. The van der Waals surface area contributed by atoms with E-state index in [4.69, 9.17) is 21.3 Å². The SMILES string of the molecule is COc1cc(C)cc2sc(C3CC3(C#N)c3ccc(Br)cc3Cl)nc12. The van der Waals surface area contributed by atoms with Gasteiger partial charge in [-0.3, -0.25) is 0 Å². The summed E-state index contributed by atoms with van der Waals surface area (Å²) in [6.07, 6.45) is 0.742. The Morgan fingerprint density at radius 3 is 2.88 bits per heavy atom. The molecule has 1 heterocycles. The lowest BCUT2D eigenvalue weighted by Gasteiger charge is -2.10. The number of nitrogens with zero attached hydrogens (tertiary/aromatic N) is 2. The van der Waals surface area contributed by atoms with Gasteiger partial charge in [0.25, 0.3) is 0 Å². The molecule has 0 radical (unpaired) electrons. The van der Waals surface area contributed by atoms with Crippen LogP contribution in [-0.2, 0) is 5.41 Å². The smallest absolute Gasteiger partial charge is 0.146 e. The molecule has 2 atom stereocenters. The van der Waals surface area contributed by atoms with Gasteiger partial charge in [-0.1, -0.05) is 33.6 Å². The van der Waals surface area contributed by atoms with Crippen molar-refractivity contribution in [3.63, 3.8) is 0 Å². The summed E-state index contributed by atoms with van der Waals surface area (Å²) in [4.78, 5) is 4.79. The van der Waals surface area contributed by atoms with Gasteiger partial charge in [-0.25, -0.2) is 4.98 Å². The summed E-state index contributed by atoms with van der Waals surface area (Å²) in [6, 6.07) is 12.3. The third kappa shape index (κ3) is 2.64. The zero-order valence-electron chi connectivity index (χ0n) is 13.6. The Kier molecular flexibility index (Phi) is 4.03. The lowest BCUT2D eigenvalue weighted by atomic mass is 9.95. The van der Waals surface area contributed by atoms with Crippen LogP contribution in [0, 0.1) is 18.3 Å². The molecule has 126 valence electrons. The van der Waals surface area contributed by atoms with Gasteiger partial charge in [0.2, 0.25) is 0 Å². The molecule has 1 aromatic heterocycles. The number of fused-ring (bicyclic) bond motifs is 1. The maximum Gasteiger partial charge on any atom is 0.146 e.